The monoisotopic (exact) mass is 404 g/mol. The fourth-order valence-electron chi connectivity index (χ4n) is 4.02. The molecule has 0 unspecified atom stereocenters. The fourth-order valence-corrected chi connectivity index (χ4v) is 6.60. The average molecular weight is 404 g/mol. The highest BCUT2D eigenvalue weighted by molar-refractivity contribution is 7.58. The van der Waals surface area contributed by atoms with E-state index in [1.165, 1.54) is 11.1 Å². The SMILES string of the molecule is CP(C)C1(Cc2ccccc2CC2(P(C)C)C=CCC=C2)C=CCC=C1.[B].[B]. The van der Waals surface area contributed by atoms with Gasteiger partial charge in [-0.25, -0.2) is 0 Å². The Balaban J connectivity index is 0.00000196. The van der Waals surface area contributed by atoms with Gasteiger partial charge in [0.2, 0.25) is 0 Å². The van der Waals surface area contributed by atoms with Crippen molar-refractivity contribution >= 4 is 32.7 Å². The van der Waals surface area contributed by atoms with Gasteiger partial charge in [-0.1, -0.05) is 88.7 Å². The van der Waals surface area contributed by atoms with Gasteiger partial charge in [-0.05, 0) is 63.5 Å². The van der Waals surface area contributed by atoms with E-state index in [0.717, 1.165) is 25.7 Å². The van der Waals surface area contributed by atoms with E-state index in [9.17, 15) is 0 Å². The second kappa shape index (κ2) is 10.8. The summed E-state index contributed by atoms with van der Waals surface area (Å²) >= 11 is 0. The summed E-state index contributed by atoms with van der Waals surface area (Å²) in [6.45, 7) is 9.68. The highest BCUT2D eigenvalue weighted by Crippen LogP contribution is 2.51. The van der Waals surface area contributed by atoms with Crippen LogP contribution < -0.4 is 0 Å². The van der Waals surface area contributed by atoms with Gasteiger partial charge >= 0.3 is 0 Å². The molecule has 0 N–H and O–H groups in total. The van der Waals surface area contributed by atoms with E-state index in [2.05, 4.69) is 99.5 Å². The molecule has 0 spiro atoms. The van der Waals surface area contributed by atoms with Crippen LogP contribution in [0.2, 0.25) is 0 Å². The summed E-state index contributed by atoms with van der Waals surface area (Å²) in [6.07, 6.45) is 23.8. The second-order valence-corrected chi connectivity index (χ2v) is 13.2. The minimum Gasteiger partial charge on any atom is -0.0984 e. The first-order chi connectivity index (χ1) is 12.5. The van der Waals surface area contributed by atoms with Gasteiger partial charge in [-0.3, -0.25) is 0 Å². The molecule has 0 atom stereocenters. The standard InChI is InChI=1S/C24H32P2.2B/c1-25(2)23(15-9-5-10-16-23)19-21-13-7-8-14-22(21)20-24(26(3)4)17-11-6-12-18-24;;/h7-18H,5-6,19-20H2,1-4H3;;. The van der Waals surface area contributed by atoms with Crippen molar-refractivity contribution in [2.75, 3.05) is 26.7 Å². The normalized spacial score (nSPS) is 18.8. The topological polar surface area (TPSA) is 0 Å². The molecular weight excluding hydrogens is 372 g/mol. The summed E-state index contributed by atoms with van der Waals surface area (Å²) in [4.78, 5) is 0. The third-order valence-electron chi connectivity index (χ3n) is 5.90. The molecular formula is C24H32B2P2. The fraction of sp³-hybridized carbons (Fsp3) is 0.417. The van der Waals surface area contributed by atoms with Gasteiger partial charge in [0.05, 0.1) is 0 Å². The van der Waals surface area contributed by atoms with Gasteiger partial charge in [0, 0.05) is 27.1 Å². The molecule has 0 heterocycles. The predicted octanol–water partition coefficient (Wildman–Crippen LogP) is 6.00. The lowest BCUT2D eigenvalue weighted by Gasteiger charge is -2.37. The van der Waals surface area contributed by atoms with Crippen LogP contribution in [0.4, 0.5) is 0 Å². The lowest BCUT2D eigenvalue weighted by Crippen LogP contribution is -2.29. The number of rotatable bonds is 6. The molecule has 0 nitrogen and oxygen atoms in total. The Morgan fingerprint density at radius 2 is 0.964 bits per heavy atom. The van der Waals surface area contributed by atoms with Crippen molar-refractivity contribution in [3.63, 3.8) is 0 Å². The van der Waals surface area contributed by atoms with E-state index in [1.807, 2.05) is 0 Å². The molecule has 6 radical (unpaired) electrons. The summed E-state index contributed by atoms with van der Waals surface area (Å²) in [5.74, 6) is 0. The summed E-state index contributed by atoms with van der Waals surface area (Å²) in [5.41, 5.74) is 3.06. The van der Waals surface area contributed by atoms with Crippen LogP contribution >= 0.6 is 15.8 Å². The average Bonchev–Trinajstić information content (AvgIpc) is 2.65. The Kier molecular flexibility index (Phi) is 9.73. The molecule has 144 valence electrons. The molecule has 4 heteroatoms. The van der Waals surface area contributed by atoms with Crippen LogP contribution in [0, 0.1) is 0 Å². The Morgan fingerprint density at radius 1 is 0.643 bits per heavy atom. The van der Waals surface area contributed by atoms with Crippen LogP contribution in [0.25, 0.3) is 0 Å². The molecule has 0 saturated heterocycles. The highest BCUT2D eigenvalue weighted by Gasteiger charge is 2.33. The van der Waals surface area contributed by atoms with Crippen molar-refractivity contribution in [3.8, 4) is 0 Å². The first kappa shape index (κ1) is 25.2. The van der Waals surface area contributed by atoms with Crippen LogP contribution in [-0.4, -0.2) is 53.8 Å². The highest BCUT2D eigenvalue weighted by atomic mass is 31.1. The zero-order valence-corrected chi connectivity index (χ0v) is 19.6. The van der Waals surface area contributed by atoms with Crippen LogP contribution in [0.3, 0.4) is 0 Å². The molecule has 0 aromatic heterocycles. The number of benzene rings is 1. The number of hydrogen-bond donors (Lipinski definition) is 0. The quantitative estimate of drug-likeness (QED) is 0.310. The largest absolute Gasteiger partial charge is 0.0984 e. The van der Waals surface area contributed by atoms with E-state index in [0.29, 0.717) is 0 Å². The smallest absolute Gasteiger partial charge is 0.0297 e. The Hall–Kier alpha value is -0.830. The van der Waals surface area contributed by atoms with Crippen LogP contribution in [-0.2, 0) is 12.8 Å². The zero-order chi connectivity index (χ0) is 18.6. The predicted molar refractivity (Wildman–Crippen MR) is 134 cm³/mol. The molecule has 1 aromatic carbocycles. The molecule has 0 saturated carbocycles. The molecule has 0 fully saturated rings. The maximum absolute atomic E-state index is 2.48. The van der Waals surface area contributed by atoms with E-state index in [-0.39, 0.29) is 43.0 Å². The van der Waals surface area contributed by atoms with Gasteiger partial charge < -0.3 is 0 Å². The van der Waals surface area contributed by atoms with Crippen LogP contribution in [0.1, 0.15) is 24.0 Å². The third-order valence-corrected chi connectivity index (χ3v) is 10.1. The Bertz CT molecular complexity index is 658. The van der Waals surface area contributed by atoms with Crippen molar-refractivity contribution in [1.82, 2.24) is 0 Å². The Labute approximate surface area is 179 Å². The van der Waals surface area contributed by atoms with Gasteiger partial charge in [0.15, 0.2) is 0 Å². The maximum atomic E-state index is 2.48. The first-order valence-electron chi connectivity index (χ1n) is 9.60. The molecule has 0 aliphatic heterocycles. The molecule has 3 rings (SSSR count). The van der Waals surface area contributed by atoms with Crippen molar-refractivity contribution in [1.29, 1.82) is 0 Å². The maximum Gasteiger partial charge on any atom is 0.0297 e. The summed E-state index contributed by atoms with van der Waals surface area (Å²) in [5, 5.41) is 0.441. The van der Waals surface area contributed by atoms with E-state index in [1.54, 1.807) is 0 Å². The number of hydrogen-bond acceptors (Lipinski definition) is 0. The van der Waals surface area contributed by atoms with Crippen molar-refractivity contribution in [3.05, 3.63) is 84.0 Å². The van der Waals surface area contributed by atoms with Gasteiger partial charge in [0.1, 0.15) is 0 Å². The second-order valence-electron chi connectivity index (χ2n) is 7.97. The molecule has 0 amide bonds. The van der Waals surface area contributed by atoms with Crippen LogP contribution in [0.15, 0.2) is 72.9 Å². The summed E-state index contributed by atoms with van der Waals surface area (Å²) in [7, 11) is -0.162. The summed E-state index contributed by atoms with van der Waals surface area (Å²) < 4.78 is 0. The van der Waals surface area contributed by atoms with Crippen molar-refractivity contribution in [2.24, 2.45) is 0 Å². The first-order valence-corrected chi connectivity index (χ1v) is 14.1. The minimum absolute atomic E-state index is 0. The minimum atomic E-state index is -0.0812. The summed E-state index contributed by atoms with van der Waals surface area (Å²) in [6, 6.07) is 9.17. The molecule has 2 aliphatic rings. The lowest BCUT2D eigenvalue weighted by atomic mass is 9.87. The van der Waals surface area contributed by atoms with Gasteiger partial charge in [-0.15, -0.1) is 0 Å². The van der Waals surface area contributed by atoms with Gasteiger partial charge in [0.25, 0.3) is 0 Å². The molecule has 28 heavy (non-hydrogen) atoms. The van der Waals surface area contributed by atoms with E-state index in [4.69, 9.17) is 0 Å². The Morgan fingerprint density at radius 3 is 1.25 bits per heavy atom. The molecule has 0 bridgehead atoms. The molecule has 1 aromatic rings. The van der Waals surface area contributed by atoms with Crippen LogP contribution in [0.5, 0.6) is 0 Å². The van der Waals surface area contributed by atoms with Gasteiger partial charge in [-0.2, -0.15) is 0 Å². The number of allylic oxidation sites excluding steroid dienone is 8. The van der Waals surface area contributed by atoms with Crippen molar-refractivity contribution < 1.29 is 0 Å². The third kappa shape index (κ3) is 5.40. The van der Waals surface area contributed by atoms with E-state index < -0.39 is 0 Å². The zero-order valence-electron chi connectivity index (χ0n) is 17.8. The van der Waals surface area contributed by atoms with Crippen molar-refractivity contribution in [2.45, 2.75) is 36.0 Å². The molecule has 2 aliphatic carbocycles. The van der Waals surface area contributed by atoms with E-state index >= 15 is 0 Å². The lowest BCUT2D eigenvalue weighted by molar-refractivity contribution is 0.784.